The number of rotatable bonds is 7. The molecule has 0 atom stereocenters. The number of fused-ring (bicyclic) bond motifs is 8. The fourth-order valence-electron chi connectivity index (χ4n) is 10.3. The van der Waals surface area contributed by atoms with E-state index in [1.54, 1.807) is 0 Å². The van der Waals surface area contributed by atoms with Gasteiger partial charge in [0.2, 0.25) is 0 Å². The highest BCUT2D eigenvalue weighted by Gasteiger charge is 2.19. The van der Waals surface area contributed by atoms with Gasteiger partial charge in [-0.2, -0.15) is 0 Å². The van der Waals surface area contributed by atoms with E-state index in [2.05, 4.69) is 235 Å². The third-order valence-electron chi connectivity index (χ3n) is 12.9. The molecule has 12 aromatic rings. The summed E-state index contributed by atoms with van der Waals surface area (Å²) in [5, 5.41) is 10.2. The van der Waals surface area contributed by atoms with Gasteiger partial charge in [-0.15, -0.1) is 0 Å². The summed E-state index contributed by atoms with van der Waals surface area (Å²) in [6.45, 7) is 4.61. The third-order valence-corrected chi connectivity index (χ3v) is 12.9. The summed E-state index contributed by atoms with van der Waals surface area (Å²) < 4.78 is 4.84. The highest BCUT2D eigenvalue weighted by Crippen LogP contribution is 2.44. The Bertz CT molecular complexity index is 3550. The number of para-hydroxylation sites is 2. The van der Waals surface area contributed by atoms with E-state index in [1.807, 2.05) is 0 Å². The fourth-order valence-corrected chi connectivity index (χ4v) is 10.3. The van der Waals surface area contributed by atoms with Gasteiger partial charge in [0.1, 0.15) is 0 Å². The van der Waals surface area contributed by atoms with Crippen molar-refractivity contribution in [1.29, 1.82) is 0 Å². The molecular formula is C60H44N2. The van der Waals surface area contributed by atoms with Crippen LogP contribution in [0.3, 0.4) is 0 Å². The van der Waals surface area contributed by atoms with E-state index in [4.69, 9.17) is 0 Å². The second kappa shape index (κ2) is 14.5. The van der Waals surface area contributed by atoms with Gasteiger partial charge < -0.3 is 9.13 Å². The fraction of sp³-hybridized carbons (Fsp3) is 0.0667. The first-order valence-electron chi connectivity index (χ1n) is 21.8. The molecule has 2 aromatic heterocycles. The first-order valence-corrected chi connectivity index (χ1v) is 21.8. The van der Waals surface area contributed by atoms with Crippen LogP contribution in [0.4, 0.5) is 0 Å². The zero-order valence-corrected chi connectivity index (χ0v) is 34.9. The molecule has 0 N–H and O–H groups in total. The molecular weight excluding hydrogens is 749 g/mol. The molecule has 0 unspecified atom stereocenters. The molecule has 0 radical (unpaired) electrons. The molecule has 0 saturated heterocycles. The molecule has 0 spiro atoms. The lowest BCUT2D eigenvalue weighted by Gasteiger charge is -2.18. The van der Waals surface area contributed by atoms with Crippen LogP contribution in [0.2, 0.25) is 0 Å². The molecule has 0 bridgehead atoms. The summed E-state index contributed by atoms with van der Waals surface area (Å²) in [7, 11) is 0. The number of benzene rings is 10. The summed E-state index contributed by atoms with van der Waals surface area (Å²) in [5.74, 6) is 0.575. The van der Waals surface area contributed by atoms with Crippen molar-refractivity contribution < 1.29 is 0 Å². The Labute approximate surface area is 361 Å². The maximum atomic E-state index is 2.46. The van der Waals surface area contributed by atoms with Gasteiger partial charge in [-0.25, -0.2) is 0 Å². The summed E-state index contributed by atoms with van der Waals surface area (Å²) in [5.41, 5.74) is 16.0. The molecule has 10 aromatic carbocycles. The van der Waals surface area contributed by atoms with E-state index in [0.29, 0.717) is 5.92 Å². The topological polar surface area (TPSA) is 9.86 Å². The number of nitrogens with zero attached hydrogens (tertiary/aromatic N) is 2. The highest BCUT2D eigenvalue weighted by molar-refractivity contribution is 6.21. The van der Waals surface area contributed by atoms with Crippen LogP contribution >= 0.6 is 0 Å². The lowest BCUT2D eigenvalue weighted by atomic mass is 9.86. The van der Waals surface area contributed by atoms with Gasteiger partial charge in [0.15, 0.2) is 0 Å². The standard InChI is InChI=1S/C60H44N2/c1-39(2)36-40-24-34-57-53(37-40)54-38-44(41-25-30-45(31-26-41)61-55-22-12-10-16-47(55)48-17-11-13-23-56(48)61)29-35-58(54)62(57)46-32-27-43(28-33-46)60-51-20-8-6-18-49(51)59(42-14-4-3-5-15-42)50-19-7-9-21-52(50)60/h3-35,37-39H,36H2,1-2H3. The van der Waals surface area contributed by atoms with Gasteiger partial charge in [-0.05, 0) is 133 Å². The molecule has 2 heteroatoms. The average molecular weight is 793 g/mol. The Morgan fingerprint density at radius 2 is 0.694 bits per heavy atom. The molecule has 0 fully saturated rings. The van der Waals surface area contributed by atoms with E-state index < -0.39 is 0 Å². The molecule has 0 amide bonds. The molecule has 0 aliphatic rings. The van der Waals surface area contributed by atoms with Gasteiger partial charge in [-0.1, -0.05) is 166 Å². The third kappa shape index (κ3) is 5.79. The summed E-state index contributed by atoms with van der Waals surface area (Å²) in [6, 6.07) is 78.5. The van der Waals surface area contributed by atoms with Gasteiger partial charge in [-0.3, -0.25) is 0 Å². The van der Waals surface area contributed by atoms with E-state index in [0.717, 1.165) is 12.1 Å². The van der Waals surface area contributed by atoms with Crippen molar-refractivity contribution in [3.05, 3.63) is 218 Å². The van der Waals surface area contributed by atoms with E-state index in [1.165, 1.54) is 110 Å². The second-order valence-electron chi connectivity index (χ2n) is 17.2. The van der Waals surface area contributed by atoms with Gasteiger partial charge in [0.25, 0.3) is 0 Å². The van der Waals surface area contributed by atoms with Crippen LogP contribution in [0.25, 0.3) is 110 Å². The normalized spacial score (nSPS) is 11.9. The molecule has 0 aliphatic heterocycles. The molecule has 0 saturated carbocycles. The quantitative estimate of drug-likeness (QED) is 0.142. The Hall–Kier alpha value is -7.68. The lowest BCUT2D eigenvalue weighted by Crippen LogP contribution is -1.96. The first-order chi connectivity index (χ1) is 30.6. The van der Waals surface area contributed by atoms with Gasteiger partial charge in [0, 0.05) is 32.9 Å². The molecule has 12 rings (SSSR count). The molecule has 2 heterocycles. The average Bonchev–Trinajstić information content (AvgIpc) is 3.83. The van der Waals surface area contributed by atoms with Crippen LogP contribution in [-0.2, 0) is 6.42 Å². The summed E-state index contributed by atoms with van der Waals surface area (Å²) in [6.07, 6.45) is 1.05. The van der Waals surface area contributed by atoms with E-state index in [9.17, 15) is 0 Å². The zero-order valence-electron chi connectivity index (χ0n) is 34.9. The second-order valence-corrected chi connectivity index (χ2v) is 17.2. The van der Waals surface area contributed by atoms with Crippen molar-refractivity contribution in [2.45, 2.75) is 20.3 Å². The minimum absolute atomic E-state index is 0.575. The number of aromatic nitrogens is 2. The molecule has 62 heavy (non-hydrogen) atoms. The molecule has 0 aliphatic carbocycles. The Kier molecular flexibility index (Phi) is 8.47. The van der Waals surface area contributed by atoms with Crippen molar-refractivity contribution in [3.8, 4) is 44.8 Å². The molecule has 2 nitrogen and oxygen atoms in total. The lowest BCUT2D eigenvalue weighted by molar-refractivity contribution is 0.648. The Morgan fingerprint density at radius 3 is 1.21 bits per heavy atom. The van der Waals surface area contributed by atoms with Gasteiger partial charge in [0.05, 0.1) is 22.1 Å². The van der Waals surface area contributed by atoms with Crippen LogP contribution in [-0.4, -0.2) is 9.13 Å². The number of hydrogen-bond donors (Lipinski definition) is 0. The minimum Gasteiger partial charge on any atom is -0.309 e. The SMILES string of the molecule is CC(C)Cc1ccc2c(c1)c1cc(-c3ccc(-n4c5ccccc5c5ccccc54)cc3)ccc1n2-c1ccc(-c2c3ccccc3c(-c3ccccc3)c3ccccc23)cc1. The smallest absolute Gasteiger partial charge is 0.0541 e. The van der Waals surface area contributed by atoms with Crippen molar-refractivity contribution >= 4 is 65.2 Å². The number of hydrogen-bond acceptors (Lipinski definition) is 0. The van der Waals surface area contributed by atoms with E-state index >= 15 is 0 Å². The predicted octanol–water partition coefficient (Wildman–Crippen LogP) is 16.4. The Morgan fingerprint density at radius 1 is 0.306 bits per heavy atom. The van der Waals surface area contributed by atoms with Crippen molar-refractivity contribution in [1.82, 2.24) is 9.13 Å². The Balaban J connectivity index is 0.981. The largest absolute Gasteiger partial charge is 0.309 e. The minimum atomic E-state index is 0.575. The first kappa shape index (κ1) is 36.2. The maximum absolute atomic E-state index is 2.46. The predicted molar refractivity (Wildman–Crippen MR) is 265 cm³/mol. The van der Waals surface area contributed by atoms with Crippen LogP contribution in [0.15, 0.2) is 212 Å². The summed E-state index contributed by atoms with van der Waals surface area (Å²) >= 11 is 0. The van der Waals surface area contributed by atoms with Gasteiger partial charge >= 0.3 is 0 Å². The van der Waals surface area contributed by atoms with Crippen LogP contribution < -0.4 is 0 Å². The van der Waals surface area contributed by atoms with Crippen molar-refractivity contribution in [3.63, 3.8) is 0 Å². The highest BCUT2D eigenvalue weighted by atomic mass is 15.0. The zero-order chi connectivity index (χ0) is 41.3. The van der Waals surface area contributed by atoms with Crippen LogP contribution in [0.1, 0.15) is 19.4 Å². The van der Waals surface area contributed by atoms with Crippen molar-refractivity contribution in [2.75, 3.05) is 0 Å². The van der Waals surface area contributed by atoms with Crippen LogP contribution in [0.5, 0.6) is 0 Å². The molecule has 294 valence electrons. The summed E-state index contributed by atoms with van der Waals surface area (Å²) in [4.78, 5) is 0. The van der Waals surface area contributed by atoms with Crippen LogP contribution in [0, 0.1) is 5.92 Å². The monoisotopic (exact) mass is 792 g/mol. The maximum Gasteiger partial charge on any atom is 0.0541 e. The van der Waals surface area contributed by atoms with Crippen molar-refractivity contribution in [2.24, 2.45) is 5.92 Å². The van der Waals surface area contributed by atoms with E-state index in [-0.39, 0.29) is 0 Å².